The highest BCUT2D eigenvalue weighted by Crippen LogP contribution is 2.40. The Morgan fingerprint density at radius 3 is 2.35 bits per heavy atom. The summed E-state index contributed by atoms with van der Waals surface area (Å²) < 4.78 is 15.8. The summed E-state index contributed by atoms with van der Waals surface area (Å²) in [6.07, 6.45) is 1.12. The fraction of sp³-hybridized carbons (Fsp3) is 0.233. The largest absolute Gasteiger partial charge is 0.481 e. The van der Waals surface area contributed by atoms with Gasteiger partial charge in [-0.2, -0.15) is 5.10 Å². The van der Waals surface area contributed by atoms with Crippen molar-refractivity contribution in [3.63, 3.8) is 0 Å². The molecule has 6 nitrogen and oxygen atoms in total. The van der Waals surface area contributed by atoms with Crippen LogP contribution in [0.15, 0.2) is 66.7 Å². The second-order valence-corrected chi connectivity index (χ2v) is 9.40. The van der Waals surface area contributed by atoms with Gasteiger partial charge in [0.25, 0.3) is 0 Å². The summed E-state index contributed by atoms with van der Waals surface area (Å²) in [5, 5.41) is 24.3. The van der Waals surface area contributed by atoms with E-state index in [-0.39, 0.29) is 18.2 Å². The number of aromatic nitrogens is 2. The summed E-state index contributed by atoms with van der Waals surface area (Å²) in [6, 6.07) is 18.2. The predicted molar refractivity (Wildman–Crippen MR) is 142 cm³/mol. The fourth-order valence-electron chi connectivity index (χ4n) is 4.51. The minimum absolute atomic E-state index is 0.0102. The Kier molecular flexibility index (Phi) is 7.64. The molecule has 2 N–H and O–H groups in total. The van der Waals surface area contributed by atoms with Crippen LogP contribution in [0.3, 0.4) is 0 Å². The lowest BCUT2D eigenvalue weighted by molar-refractivity contribution is -0.140. The maximum absolute atomic E-state index is 13.9. The molecule has 0 aliphatic rings. The minimum Gasteiger partial charge on any atom is -0.481 e. The van der Waals surface area contributed by atoms with Crippen molar-refractivity contribution in [2.75, 3.05) is 0 Å². The molecular weight excluding hydrogens is 471 g/mol. The standard InChI is InChI=1S/C30H29FN2O4/c1-18(2)29-25(14-13-23(34)16-24(35)17-27(36)37)28(21-9-11-22(31)12-10-21)30-26(15-19(3)33(30)32-29)20-7-5-4-6-8-20/h4-15,18,23,34H,16-17H2,1-3H3,(H,36,37). The SMILES string of the molecule is Cc1cc(-c2ccccc2)c2c(-c3ccc(F)cc3)c(C=CC(O)CC(=O)CC(=O)O)c(C(C)C)nn12. The Bertz CT molecular complexity index is 1470. The number of carbonyl (C=O) groups is 2. The number of halogens is 1. The Hall–Kier alpha value is -4.10. The summed E-state index contributed by atoms with van der Waals surface area (Å²) in [7, 11) is 0. The summed E-state index contributed by atoms with van der Waals surface area (Å²) in [5.74, 6) is -2.13. The number of aliphatic carboxylic acids is 1. The van der Waals surface area contributed by atoms with Crippen molar-refractivity contribution in [3.05, 3.63) is 89.5 Å². The molecule has 0 saturated heterocycles. The molecule has 0 saturated carbocycles. The second kappa shape index (κ2) is 10.9. The topological polar surface area (TPSA) is 91.9 Å². The molecule has 0 aliphatic carbocycles. The van der Waals surface area contributed by atoms with Gasteiger partial charge in [0.15, 0.2) is 0 Å². The zero-order valence-corrected chi connectivity index (χ0v) is 21.0. The molecule has 2 aromatic heterocycles. The Morgan fingerprint density at radius 1 is 1.05 bits per heavy atom. The molecular formula is C30H29FN2O4. The van der Waals surface area contributed by atoms with Crippen LogP contribution in [0.25, 0.3) is 33.8 Å². The first-order chi connectivity index (χ1) is 17.7. The van der Waals surface area contributed by atoms with Crippen molar-refractivity contribution in [2.45, 2.75) is 45.6 Å². The van der Waals surface area contributed by atoms with Crippen molar-refractivity contribution in [1.29, 1.82) is 0 Å². The number of nitrogens with zero attached hydrogens (tertiary/aromatic N) is 2. The fourth-order valence-corrected chi connectivity index (χ4v) is 4.51. The van der Waals surface area contributed by atoms with Crippen molar-refractivity contribution in [1.82, 2.24) is 9.61 Å². The molecule has 4 rings (SSSR count). The molecule has 0 bridgehead atoms. The van der Waals surface area contributed by atoms with Gasteiger partial charge in [-0.25, -0.2) is 8.91 Å². The van der Waals surface area contributed by atoms with Crippen LogP contribution < -0.4 is 0 Å². The van der Waals surface area contributed by atoms with E-state index in [0.29, 0.717) is 0 Å². The Morgan fingerprint density at radius 2 is 1.73 bits per heavy atom. The normalized spacial score (nSPS) is 12.5. The van der Waals surface area contributed by atoms with E-state index >= 15 is 0 Å². The highest BCUT2D eigenvalue weighted by Gasteiger charge is 2.22. The van der Waals surface area contributed by atoms with Gasteiger partial charge in [-0.3, -0.25) is 9.59 Å². The van der Waals surface area contributed by atoms with Gasteiger partial charge in [0.05, 0.1) is 17.3 Å². The van der Waals surface area contributed by atoms with E-state index in [1.54, 1.807) is 18.2 Å². The lowest BCUT2D eigenvalue weighted by Gasteiger charge is -2.18. The zero-order chi connectivity index (χ0) is 26.7. The number of hydrogen-bond donors (Lipinski definition) is 2. The van der Waals surface area contributed by atoms with Gasteiger partial charge in [0.1, 0.15) is 18.0 Å². The molecule has 37 heavy (non-hydrogen) atoms. The highest BCUT2D eigenvalue weighted by molar-refractivity contribution is 5.98. The molecule has 7 heteroatoms. The second-order valence-electron chi connectivity index (χ2n) is 9.40. The van der Waals surface area contributed by atoms with Crippen molar-refractivity contribution < 1.29 is 24.2 Å². The van der Waals surface area contributed by atoms with E-state index in [2.05, 4.69) is 6.07 Å². The summed E-state index contributed by atoms with van der Waals surface area (Å²) >= 11 is 0. The van der Waals surface area contributed by atoms with E-state index < -0.39 is 24.3 Å². The molecule has 0 amide bonds. The molecule has 2 aromatic carbocycles. The number of carbonyl (C=O) groups excluding carboxylic acids is 1. The maximum atomic E-state index is 13.9. The van der Waals surface area contributed by atoms with Crippen molar-refractivity contribution in [2.24, 2.45) is 0 Å². The van der Waals surface area contributed by atoms with E-state index in [0.717, 1.165) is 44.7 Å². The number of carboxylic acids is 1. The van der Waals surface area contributed by atoms with E-state index in [1.165, 1.54) is 18.2 Å². The van der Waals surface area contributed by atoms with Gasteiger partial charge in [-0.1, -0.05) is 68.5 Å². The number of aryl methyl sites for hydroxylation is 1. The number of aliphatic hydroxyl groups is 1. The first kappa shape index (κ1) is 26.0. The van der Waals surface area contributed by atoms with Crippen molar-refractivity contribution >= 4 is 23.3 Å². The summed E-state index contributed by atoms with van der Waals surface area (Å²) in [6.45, 7) is 6.02. The molecule has 4 aromatic rings. The quantitative estimate of drug-likeness (QED) is 0.273. The average molecular weight is 501 g/mol. The zero-order valence-electron chi connectivity index (χ0n) is 21.0. The van der Waals surface area contributed by atoms with Crippen LogP contribution in [0.5, 0.6) is 0 Å². The van der Waals surface area contributed by atoms with Gasteiger partial charge in [-0.05, 0) is 42.2 Å². The first-order valence-electron chi connectivity index (χ1n) is 12.1. The van der Waals surface area contributed by atoms with Crippen LogP contribution in [-0.2, 0) is 9.59 Å². The van der Waals surface area contributed by atoms with E-state index in [9.17, 15) is 19.1 Å². The molecule has 0 fully saturated rings. The van der Waals surface area contributed by atoms with E-state index in [4.69, 9.17) is 10.2 Å². The molecule has 0 spiro atoms. The minimum atomic E-state index is -1.23. The smallest absolute Gasteiger partial charge is 0.310 e. The third kappa shape index (κ3) is 5.67. The van der Waals surface area contributed by atoms with Gasteiger partial charge in [-0.15, -0.1) is 0 Å². The van der Waals surface area contributed by atoms with Crippen LogP contribution in [0.1, 0.15) is 49.6 Å². The van der Waals surface area contributed by atoms with Crippen LogP contribution in [0.2, 0.25) is 0 Å². The lowest BCUT2D eigenvalue weighted by Crippen LogP contribution is -2.14. The van der Waals surface area contributed by atoms with Crippen molar-refractivity contribution in [3.8, 4) is 22.3 Å². The number of ketones is 1. The van der Waals surface area contributed by atoms with Crippen LogP contribution in [0.4, 0.5) is 4.39 Å². The van der Waals surface area contributed by atoms with Crippen LogP contribution >= 0.6 is 0 Å². The number of carboxylic acid groups (broad SMARTS) is 1. The van der Waals surface area contributed by atoms with Gasteiger partial charge >= 0.3 is 5.97 Å². The number of rotatable bonds is 9. The number of aliphatic hydroxyl groups excluding tert-OH is 1. The molecule has 190 valence electrons. The molecule has 0 aliphatic heterocycles. The number of Topliss-reactive ketones (excluding diaryl/α,β-unsaturated/α-hetero) is 1. The van der Waals surface area contributed by atoms with E-state index in [1.807, 2.05) is 55.6 Å². The molecule has 0 radical (unpaired) electrons. The number of hydrogen-bond acceptors (Lipinski definition) is 4. The maximum Gasteiger partial charge on any atom is 0.310 e. The Labute approximate surface area is 214 Å². The lowest BCUT2D eigenvalue weighted by atomic mass is 9.91. The Balaban J connectivity index is 1.98. The molecule has 1 atom stereocenters. The van der Waals surface area contributed by atoms with Crippen LogP contribution in [-0.4, -0.2) is 37.7 Å². The van der Waals surface area contributed by atoms with Gasteiger partial charge in [0.2, 0.25) is 0 Å². The third-order valence-electron chi connectivity index (χ3n) is 6.18. The van der Waals surface area contributed by atoms with Gasteiger partial charge in [0, 0.05) is 28.8 Å². The summed E-state index contributed by atoms with van der Waals surface area (Å²) in [4.78, 5) is 22.8. The first-order valence-corrected chi connectivity index (χ1v) is 12.1. The molecule has 1 unspecified atom stereocenters. The van der Waals surface area contributed by atoms with Crippen LogP contribution in [0, 0.1) is 12.7 Å². The highest BCUT2D eigenvalue weighted by atomic mass is 19.1. The third-order valence-corrected chi connectivity index (χ3v) is 6.18. The number of fused-ring (bicyclic) bond motifs is 1. The number of benzene rings is 2. The average Bonchev–Trinajstić information content (AvgIpc) is 3.18. The predicted octanol–water partition coefficient (Wildman–Crippen LogP) is 6.05. The molecule has 2 heterocycles. The van der Waals surface area contributed by atoms with Gasteiger partial charge < -0.3 is 10.2 Å². The summed E-state index contributed by atoms with van der Waals surface area (Å²) in [5.41, 5.74) is 6.87. The monoisotopic (exact) mass is 500 g/mol.